The number of nitrogens with one attached hydrogen (secondary N) is 3. The summed E-state index contributed by atoms with van der Waals surface area (Å²) < 4.78 is 34.1. The monoisotopic (exact) mass is 530 g/mol. The van der Waals surface area contributed by atoms with Gasteiger partial charge in [0.25, 0.3) is 5.92 Å². The van der Waals surface area contributed by atoms with Gasteiger partial charge in [-0.2, -0.15) is 0 Å². The molecule has 39 heavy (non-hydrogen) atoms. The van der Waals surface area contributed by atoms with E-state index in [2.05, 4.69) is 25.9 Å². The number of aromatic nitrogens is 3. The van der Waals surface area contributed by atoms with Gasteiger partial charge >= 0.3 is 0 Å². The Morgan fingerprint density at radius 3 is 2.72 bits per heavy atom. The molecule has 3 heterocycles. The molecule has 2 aromatic carbocycles. The fourth-order valence-corrected chi connectivity index (χ4v) is 5.32. The summed E-state index contributed by atoms with van der Waals surface area (Å²) in [5.41, 5.74) is 3.20. The van der Waals surface area contributed by atoms with Gasteiger partial charge in [0, 0.05) is 59.8 Å². The molecule has 1 saturated heterocycles. The molecule has 2 unspecified atom stereocenters. The summed E-state index contributed by atoms with van der Waals surface area (Å²) in [6, 6.07) is 15.7. The van der Waals surface area contributed by atoms with Crippen molar-refractivity contribution in [1.82, 2.24) is 20.3 Å². The van der Waals surface area contributed by atoms with Crippen LogP contribution in [0.2, 0.25) is 0 Å². The average molecular weight is 531 g/mol. The number of rotatable bonds is 8. The molecule has 1 saturated carbocycles. The van der Waals surface area contributed by atoms with Crippen molar-refractivity contribution in [1.29, 1.82) is 0 Å². The van der Waals surface area contributed by atoms with Crippen LogP contribution in [0.15, 0.2) is 60.9 Å². The van der Waals surface area contributed by atoms with E-state index in [0.717, 1.165) is 53.5 Å². The molecular weight excluding hydrogens is 498 g/mol. The molecule has 0 radical (unpaired) electrons. The number of hydrogen-bond donors (Lipinski definition) is 3. The quantitative estimate of drug-likeness (QED) is 0.248. The Bertz CT molecular complexity index is 1490. The van der Waals surface area contributed by atoms with Crippen molar-refractivity contribution in [3.05, 3.63) is 66.5 Å². The van der Waals surface area contributed by atoms with Crippen LogP contribution in [0.25, 0.3) is 22.0 Å². The van der Waals surface area contributed by atoms with Gasteiger partial charge in [-0.1, -0.05) is 31.2 Å². The number of halogens is 2. The van der Waals surface area contributed by atoms with Crippen LogP contribution >= 0.6 is 0 Å². The first-order valence-electron chi connectivity index (χ1n) is 13.5. The number of aryl methyl sites for hydroxylation is 1. The van der Waals surface area contributed by atoms with Crippen LogP contribution in [-0.2, 0) is 0 Å². The number of nitrogens with zero attached hydrogens (tertiary/aromatic N) is 3. The molecule has 7 nitrogen and oxygen atoms in total. The highest BCUT2D eigenvalue weighted by Crippen LogP contribution is 2.54. The number of hydrogen-bond acceptors (Lipinski definition) is 7. The summed E-state index contributed by atoms with van der Waals surface area (Å²) in [6.07, 6.45) is 5.62. The fraction of sp³-hybridized carbons (Fsp3) is 0.367. The number of benzene rings is 2. The van der Waals surface area contributed by atoms with Gasteiger partial charge in [0.1, 0.15) is 5.75 Å². The van der Waals surface area contributed by atoms with E-state index in [9.17, 15) is 8.78 Å². The molecule has 2 aliphatic rings. The van der Waals surface area contributed by atoms with Gasteiger partial charge in [0.05, 0.1) is 11.3 Å². The molecule has 2 aromatic heterocycles. The van der Waals surface area contributed by atoms with E-state index in [0.29, 0.717) is 23.3 Å². The molecule has 0 amide bonds. The lowest BCUT2D eigenvalue weighted by Gasteiger charge is -2.23. The predicted octanol–water partition coefficient (Wildman–Crippen LogP) is 6.27. The van der Waals surface area contributed by atoms with Crippen LogP contribution in [0.1, 0.15) is 25.3 Å². The zero-order valence-electron chi connectivity index (χ0n) is 22.0. The van der Waals surface area contributed by atoms with E-state index in [-0.39, 0.29) is 12.6 Å². The molecule has 4 aromatic rings. The number of pyridine rings is 1. The van der Waals surface area contributed by atoms with Gasteiger partial charge in [-0.25, -0.2) is 23.7 Å². The molecule has 2 fully saturated rings. The van der Waals surface area contributed by atoms with Crippen molar-refractivity contribution in [2.75, 3.05) is 30.3 Å². The predicted molar refractivity (Wildman–Crippen MR) is 150 cm³/mol. The number of piperidine rings is 1. The third kappa shape index (κ3) is 5.11. The standard InChI is InChI=1S/C30H32F2N6O/c1-18-10-11-21-22(7-3-9-25(21)36-17-24-19(2)30(24,31)32)27(18)39-28-23(8-5-14-34-28)26-12-15-35-29(38-26)37-20-6-4-13-33-16-20/h3,5,7-12,14-15,19-20,24,33,36H,4,6,13,16-17H2,1-2H3,(H,35,37,38)/t19?,20-,24?/m0/s1. The molecule has 3 N–H and O–H groups in total. The first-order chi connectivity index (χ1) is 18.9. The largest absolute Gasteiger partial charge is 0.437 e. The maximum absolute atomic E-state index is 13.8. The summed E-state index contributed by atoms with van der Waals surface area (Å²) in [7, 11) is 0. The van der Waals surface area contributed by atoms with Gasteiger partial charge < -0.3 is 20.7 Å². The molecule has 0 bridgehead atoms. The Morgan fingerprint density at radius 1 is 1.05 bits per heavy atom. The smallest absolute Gasteiger partial charge is 0.256 e. The normalized spacial score (nSPS) is 21.9. The molecule has 1 aliphatic carbocycles. The van der Waals surface area contributed by atoms with E-state index < -0.39 is 17.8 Å². The molecule has 9 heteroatoms. The number of ether oxygens (including phenoxy) is 1. The summed E-state index contributed by atoms with van der Waals surface area (Å²) >= 11 is 0. The Hall–Kier alpha value is -3.85. The van der Waals surface area contributed by atoms with Crippen LogP contribution in [0.4, 0.5) is 20.4 Å². The van der Waals surface area contributed by atoms with Crippen molar-refractivity contribution >= 4 is 22.4 Å². The van der Waals surface area contributed by atoms with E-state index in [1.165, 1.54) is 0 Å². The zero-order valence-corrected chi connectivity index (χ0v) is 22.0. The highest BCUT2D eigenvalue weighted by Gasteiger charge is 2.64. The second-order valence-electron chi connectivity index (χ2n) is 10.5. The SMILES string of the molecule is Cc1ccc2c(NCC3C(C)C3(F)F)cccc2c1Oc1ncccc1-c1ccnc(N[C@H]2CCCNC2)n1. The summed E-state index contributed by atoms with van der Waals surface area (Å²) in [5.74, 6) is -2.17. The van der Waals surface area contributed by atoms with Gasteiger partial charge in [-0.3, -0.25) is 0 Å². The molecule has 1 aliphatic heterocycles. The van der Waals surface area contributed by atoms with Crippen molar-refractivity contribution in [3.63, 3.8) is 0 Å². The number of alkyl halides is 2. The molecule has 6 rings (SSSR count). The lowest BCUT2D eigenvalue weighted by atomic mass is 10.0. The first-order valence-corrected chi connectivity index (χ1v) is 13.5. The van der Waals surface area contributed by atoms with Crippen molar-refractivity contribution < 1.29 is 13.5 Å². The van der Waals surface area contributed by atoms with Crippen LogP contribution in [0.3, 0.4) is 0 Å². The minimum atomic E-state index is -2.60. The summed E-state index contributed by atoms with van der Waals surface area (Å²) in [6.45, 7) is 5.72. The van der Waals surface area contributed by atoms with E-state index >= 15 is 0 Å². The number of fused-ring (bicyclic) bond motifs is 1. The average Bonchev–Trinajstić information content (AvgIpc) is 3.44. The third-order valence-corrected chi connectivity index (χ3v) is 7.85. The highest BCUT2D eigenvalue weighted by atomic mass is 19.3. The summed E-state index contributed by atoms with van der Waals surface area (Å²) in [4.78, 5) is 13.7. The Balaban J connectivity index is 1.28. The topological polar surface area (TPSA) is 84.0 Å². The first kappa shape index (κ1) is 25.4. The zero-order chi connectivity index (χ0) is 27.0. The third-order valence-electron chi connectivity index (χ3n) is 7.85. The maximum atomic E-state index is 13.8. The van der Waals surface area contributed by atoms with Crippen LogP contribution in [-0.4, -0.2) is 46.6 Å². The van der Waals surface area contributed by atoms with E-state index in [1.54, 1.807) is 19.3 Å². The molecule has 0 spiro atoms. The Labute approximate surface area is 226 Å². The fourth-order valence-electron chi connectivity index (χ4n) is 5.32. The van der Waals surface area contributed by atoms with Crippen LogP contribution in [0.5, 0.6) is 11.6 Å². The minimum Gasteiger partial charge on any atom is -0.437 e. The number of anilines is 2. The lowest BCUT2D eigenvalue weighted by Crippen LogP contribution is -2.38. The molecule has 202 valence electrons. The lowest BCUT2D eigenvalue weighted by molar-refractivity contribution is 0.0883. The maximum Gasteiger partial charge on any atom is 0.256 e. The van der Waals surface area contributed by atoms with Crippen LogP contribution < -0.4 is 20.7 Å². The summed E-state index contributed by atoms with van der Waals surface area (Å²) in [5, 5.41) is 11.9. The second kappa shape index (κ2) is 10.4. The van der Waals surface area contributed by atoms with Crippen molar-refractivity contribution in [2.24, 2.45) is 11.8 Å². The van der Waals surface area contributed by atoms with Gasteiger partial charge in [-0.05, 0) is 56.1 Å². The van der Waals surface area contributed by atoms with E-state index in [1.807, 2.05) is 55.5 Å². The molecular formula is C30H32F2N6O. The van der Waals surface area contributed by atoms with Crippen molar-refractivity contribution in [3.8, 4) is 22.9 Å². The highest BCUT2D eigenvalue weighted by molar-refractivity contribution is 5.98. The Kier molecular flexibility index (Phi) is 6.76. The Morgan fingerprint density at radius 2 is 1.92 bits per heavy atom. The van der Waals surface area contributed by atoms with E-state index in [4.69, 9.17) is 9.72 Å². The van der Waals surface area contributed by atoms with Gasteiger partial charge in [-0.15, -0.1) is 0 Å². The van der Waals surface area contributed by atoms with Gasteiger partial charge in [0.2, 0.25) is 11.8 Å². The van der Waals surface area contributed by atoms with Crippen LogP contribution in [0, 0.1) is 18.8 Å². The van der Waals surface area contributed by atoms with Gasteiger partial charge in [0.15, 0.2) is 0 Å². The minimum absolute atomic E-state index is 0.225. The van der Waals surface area contributed by atoms with Crippen molar-refractivity contribution in [2.45, 2.75) is 38.7 Å². The second-order valence-corrected chi connectivity index (χ2v) is 10.5. The molecule has 3 atom stereocenters.